The van der Waals surface area contributed by atoms with Gasteiger partial charge in [-0.3, -0.25) is 9.59 Å². The Bertz CT molecular complexity index is 847. The van der Waals surface area contributed by atoms with Crippen molar-refractivity contribution in [3.63, 3.8) is 0 Å². The predicted molar refractivity (Wildman–Crippen MR) is 103 cm³/mol. The quantitative estimate of drug-likeness (QED) is 0.848. The summed E-state index contributed by atoms with van der Waals surface area (Å²) in [7, 11) is 0. The molecular weight excluding hydrogens is 345 g/mol. The number of hydrogen-bond donors (Lipinski definition) is 2. The lowest BCUT2D eigenvalue weighted by Gasteiger charge is -2.17. The molecule has 2 amide bonds. The summed E-state index contributed by atoms with van der Waals surface area (Å²) in [5.41, 5.74) is 2.31. The smallest absolute Gasteiger partial charge is 0.228 e. The Morgan fingerprint density at radius 1 is 0.889 bits per heavy atom. The molecule has 2 unspecified atom stereocenters. The van der Waals surface area contributed by atoms with Crippen LogP contribution < -0.4 is 15.5 Å². The first-order valence-corrected chi connectivity index (χ1v) is 9.32. The van der Waals surface area contributed by atoms with Crippen molar-refractivity contribution in [2.24, 2.45) is 11.8 Å². The second-order valence-electron chi connectivity index (χ2n) is 7.18. The summed E-state index contributed by atoms with van der Waals surface area (Å²) in [4.78, 5) is 26.9. The Balaban J connectivity index is 1.30. The molecule has 2 aromatic rings. The lowest BCUT2D eigenvalue weighted by Crippen LogP contribution is -2.21. The van der Waals surface area contributed by atoms with Gasteiger partial charge in [0.25, 0.3) is 0 Å². The Hall–Kier alpha value is -2.89. The maximum atomic E-state index is 13.2. The molecule has 2 atom stereocenters. The van der Waals surface area contributed by atoms with E-state index in [1.165, 1.54) is 36.7 Å². The van der Waals surface area contributed by atoms with Crippen LogP contribution in [0.15, 0.2) is 48.5 Å². The molecule has 2 aromatic carbocycles. The molecule has 0 spiro atoms. The fourth-order valence-corrected chi connectivity index (χ4v) is 3.54. The van der Waals surface area contributed by atoms with Gasteiger partial charge in [-0.1, -0.05) is 6.07 Å². The van der Waals surface area contributed by atoms with Gasteiger partial charge in [-0.2, -0.15) is 0 Å². The average molecular weight is 367 g/mol. The summed E-state index contributed by atoms with van der Waals surface area (Å²) >= 11 is 0. The second-order valence-corrected chi connectivity index (χ2v) is 7.18. The zero-order chi connectivity index (χ0) is 18.8. The van der Waals surface area contributed by atoms with Gasteiger partial charge in [0.05, 0.1) is 11.8 Å². The van der Waals surface area contributed by atoms with Crippen molar-refractivity contribution >= 4 is 28.9 Å². The number of benzene rings is 2. The Kier molecular flexibility index (Phi) is 4.79. The van der Waals surface area contributed by atoms with E-state index in [0.29, 0.717) is 12.1 Å². The van der Waals surface area contributed by atoms with Crippen LogP contribution in [-0.2, 0) is 9.59 Å². The zero-order valence-corrected chi connectivity index (χ0v) is 15.0. The lowest BCUT2D eigenvalue weighted by atomic mass is 10.2. The molecule has 1 heterocycles. The summed E-state index contributed by atoms with van der Waals surface area (Å²) in [6.07, 6.45) is 2.96. The molecule has 4 rings (SSSR count). The maximum absolute atomic E-state index is 13.2. The van der Waals surface area contributed by atoms with E-state index in [9.17, 15) is 14.0 Å². The van der Waals surface area contributed by atoms with E-state index in [1.54, 1.807) is 6.07 Å². The van der Waals surface area contributed by atoms with Gasteiger partial charge in [0.1, 0.15) is 5.82 Å². The van der Waals surface area contributed by atoms with Gasteiger partial charge < -0.3 is 15.5 Å². The molecule has 1 saturated heterocycles. The standard InChI is InChI=1S/C21H22FN3O2/c22-14-4-3-5-16(12-14)24-21(27)19-13-18(19)20(26)23-15-6-8-17(9-7-15)25-10-1-2-11-25/h3-9,12,18-19H,1-2,10-11,13H2,(H,23,26)(H,24,27). The number of amides is 2. The first kappa shape index (κ1) is 17.5. The van der Waals surface area contributed by atoms with Crippen molar-refractivity contribution in [2.45, 2.75) is 19.3 Å². The molecule has 5 nitrogen and oxygen atoms in total. The Morgan fingerprint density at radius 3 is 2.15 bits per heavy atom. The minimum atomic E-state index is -0.407. The molecule has 2 N–H and O–H groups in total. The predicted octanol–water partition coefficient (Wildman–Crippen LogP) is 3.64. The number of nitrogens with one attached hydrogen (secondary N) is 2. The number of carbonyl (C=O) groups excluding carboxylic acids is 2. The number of carbonyl (C=O) groups is 2. The van der Waals surface area contributed by atoms with E-state index in [-0.39, 0.29) is 23.7 Å². The van der Waals surface area contributed by atoms with Crippen molar-refractivity contribution in [3.8, 4) is 0 Å². The topological polar surface area (TPSA) is 61.4 Å². The monoisotopic (exact) mass is 367 g/mol. The highest BCUT2D eigenvalue weighted by Crippen LogP contribution is 2.40. The molecule has 1 aliphatic carbocycles. The SMILES string of the molecule is O=C(Nc1ccc(N2CCCC2)cc1)C1CC1C(=O)Nc1cccc(F)c1. The van der Waals surface area contributed by atoms with Gasteiger partial charge in [0.15, 0.2) is 0 Å². The summed E-state index contributed by atoms with van der Waals surface area (Å²) in [6, 6.07) is 13.6. The van der Waals surface area contributed by atoms with Crippen LogP contribution in [0, 0.1) is 17.7 Å². The highest BCUT2D eigenvalue weighted by Gasteiger charge is 2.48. The summed E-state index contributed by atoms with van der Waals surface area (Å²) in [5, 5.41) is 5.55. The van der Waals surface area contributed by atoms with Crippen LogP contribution in [0.4, 0.5) is 21.5 Å². The second kappa shape index (κ2) is 7.39. The Labute approximate surface area is 157 Å². The lowest BCUT2D eigenvalue weighted by molar-refractivity contribution is -0.122. The molecule has 1 aliphatic heterocycles. The third kappa shape index (κ3) is 4.10. The van der Waals surface area contributed by atoms with E-state index in [2.05, 4.69) is 15.5 Å². The van der Waals surface area contributed by atoms with Crippen molar-refractivity contribution in [3.05, 3.63) is 54.3 Å². The van der Waals surface area contributed by atoms with Gasteiger partial charge in [-0.15, -0.1) is 0 Å². The van der Waals surface area contributed by atoms with Crippen molar-refractivity contribution in [1.29, 1.82) is 0 Å². The molecule has 6 heteroatoms. The minimum Gasteiger partial charge on any atom is -0.372 e. The van der Waals surface area contributed by atoms with Crippen LogP contribution in [0.2, 0.25) is 0 Å². The number of hydrogen-bond acceptors (Lipinski definition) is 3. The number of anilines is 3. The summed E-state index contributed by atoms with van der Waals surface area (Å²) in [5.74, 6) is -1.50. The van der Waals surface area contributed by atoms with Gasteiger partial charge in [-0.25, -0.2) is 4.39 Å². The highest BCUT2D eigenvalue weighted by atomic mass is 19.1. The van der Waals surface area contributed by atoms with E-state index >= 15 is 0 Å². The number of rotatable bonds is 5. The summed E-state index contributed by atoms with van der Waals surface area (Å²) < 4.78 is 13.2. The van der Waals surface area contributed by atoms with Gasteiger partial charge in [-0.05, 0) is 61.7 Å². The zero-order valence-electron chi connectivity index (χ0n) is 15.0. The minimum absolute atomic E-state index is 0.150. The highest BCUT2D eigenvalue weighted by molar-refractivity contribution is 6.03. The fraction of sp³-hybridized carbons (Fsp3) is 0.333. The molecule has 2 aliphatic rings. The third-order valence-electron chi connectivity index (χ3n) is 5.16. The Morgan fingerprint density at radius 2 is 1.52 bits per heavy atom. The van der Waals surface area contributed by atoms with Crippen molar-refractivity contribution in [1.82, 2.24) is 0 Å². The maximum Gasteiger partial charge on any atom is 0.228 e. The van der Waals surface area contributed by atoms with E-state index in [4.69, 9.17) is 0 Å². The average Bonchev–Trinajstić information content (AvgIpc) is 3.29. The molecular formula is C21H22FN3O2. The normalized spacial score (nSPS) is 21.0. The molecule has 1 saturated carbocycles. The number of halogens is 1. The van der Waals surface area contributed by atoms with Crippen molar-refractivity contribution in [2.75, 3.05) is 28.6 Å². The van der Waals surface area contributed by atoms with Crippen molar-refractivity contribution < 1.29 is 14.0 Å². The van der Waals surface area contributed by atoms with Gasteiger partial charge in [0.2, 0.25) is 11.8 Å². The van der Waals surface area contributed by atoms with Gasteiger partial charge in [0, 0.05) is 30.2 Å². The fourth-order valence-electron chi connectivity index (χ4n) is 3.54. The van der Waals surface area contributed by atoms with E-state index in [1.807, 2.05) is 24.3 Å². The molecule has 0 radical (unpaired) electrons. The first-order valence-electron chi connectivity index (χ1n) is 9.32. The summed E-state index contributed by atoms with van der Waals surface area (Å²) in [6.45, 7) is 2.16. The van der Waals surface area contributed by atoms with E-state index in [0.717, 1.165) is 18.8 Å². The van der Waals surface area contributed by atoms with Crippen LogP contribution in [0.1, 0.15) is 19.3 Å². The molecule has 2 fully saturated rings. The van der Waals surface area contributed by atoms with E-state index < -0.39 is 5.82 Å². The van der Waals surface area contributed by atoms with Crippen LogP contribution in [-0.4, -0.2) is 24.9 Å². The van der Waals surface area contributed by atoms with Crippen LogP contribution in [0.5, 0.6) is 0 Å². The largest absolute Gasteiger partial charge is 0.372 e. The van der Waals surface area contributed by atoms with Crippen LogP contribution in [0.3, 0.4) is 0 Å². The first-order chi connectivity index (χ1) is 13.1. The molecule has 140 valence electrons. The van der Waals surface area contributed by atoms with Gasteiger partial charge >= 0.3 is 0 Å². The van der Waals surface area contributed by atoms with Crippen LogP contribution >= 0.6 is 0 Å². The molecule has 27 heavy (non-hydrogen) atoms. The third-order valence-corrected chi connectivity index (χ3v) is 5.16. The molecule has 0 bridgehead atoms. The van der Waals surface area contributed by atoms with Crippen LogP contribution in [0.25, 0.3) is 0 Å². The number of nitrogens with zero attached hydrogens (tertiary/aromatic N) is 1. The molecule has 0 aromatic heterocycles.